The second kappa shape index (κ2) is 4.99. The molecule has 1 N–H and O–H groups in total. The van der Waals surface area contributed by atoms with Gasteiger partial charge in [-0.3, -0.25) is 0 Å². The molecule has 1 heterocycles. The highest BCUT2D eigenvalue weighted by Crippen LogP contribution is 2.11. The molecule has 4 heteroatoms. The van der Waals surface area contributed by atoms with Crippen LogP contribution in [-0.4, -0.2) is 41.9 Å². The smallest absolute Gasteiger partial charge is 0.410 e. The fourth-order valence-electron chi connectivity index (χ4n) is 1.76. The summed E-state index contributed by atoms with van der Waals surface area (Å²) in [6.07, 6.45) is 0.131. The number of carbonyl (C=O) groups excluding carboxylic acids is 1. The first-order valence-electron chi connectivity index (χ1n) is 5.40. The molecule has 0 aliphatic carbocycles. The maximum Gasteiger partial charge on any atom is 0.410 e. The third-order valence-corrected chi connectivity index (χ3v) is 2.67. The number of hydrogen-bond donors (Lipinski definition) is 1. The summed E-state index contributed by atoms with van der Waals surface area (Å²) in [6, 6.07) is 9.99. The molecule has 1 amide bonds. The first-order chi connectivity index (χ1) is 7.79. The van der Waals surface area contributed by atoms with Gasteiger partial charge in [0.2, 0.25) is 0 Å². The van der Waals surface area contributed by atoms with E-state index in [2.05, 4.69) is 0 Å². The maximum absolute atomic E-state index is 11.4. The monoisotopic (exact) mass is 221 g/mol. The molecule has 0 bridgehead atoms. The molecule has 4 nitrogen and oxygen atoms in total. The summed E-state index contributed by atoms with van der Waals surface area (Å²) in [5.74, 6) is 0. The van der Waals surface area contributed by atoms with Crippen molar-refractivity contribution < 1.29 is 14.6 Å². The molecule has 0 aromatic heterocycles. The Balaban J connectivity index is 1.85. The van der Waals surface area contributed by atoms with Gasteiger partial charge in [-0.1, -0.05) is 30.3 Å². The van der Waals surface area contributed by atoms with Gasteiger partial charge in [0, 0.05) is 6.54 Å². The van der Waals surface area contributed by atoms with Crippen molar-refractivity contribution in [3.63, 3.8) is 0 Å². The number of carbonyl (C=O) groups is 1. The van der Waals surface area contributed by atoms with Crippen molar-refractivity contribution >= 4 is 6.09 Å². The number of aliphatic hydroxyl groups is 1. The van der Waals surface area contributed by atoms with Gasteiger partial charge in [0.05, 0.1) is 13.2 Å². The number of rotatable bonds is 4. The van der Waals surface area contributed by atoms with Crippen molar-refractivity contribution in [3.05, 3.63) is 35.9 Å². The number of hydrogen-bond acceptors (Lipinski definition) is 3. The Morgan fingerprint density at radius 3 is 2.75 bits per heavy atom. The van der Waals surface area contributed by atoms with Crippen molar-refractivity contribution in [2.75, 3.05) is 19.7 Å². The van der Waals surface area contributed by atoms with Gasteiger partial charge in [0.1, 0.15) is 6.10 Å². The first kappa shape index (κ1) is 11.0. The van der Waals surface area contributed by atoms with Crippen LogP contribution >= 0.6 is 0 Å². The van der Waals surface area contributed by atoms with Crippen LogP contribution in [0, 0.1) is 0 Å². The normalized spacial score (nSPS) is 19.9. The molecule has 2 rings (SSSR count). The third kappa shape index (κ3) is 2.52. The maximum atomic E-state index is 11.4. The lowest BCUT2D eigenvalue weighted by molar-refractivity contribution is 0.0948. The Kier molecular flexibility index (Phi) is 3.41. The van der Waals surface area contributed by atoms with Crippen LogP contribution in [-0.2, 0) is 11.2 Å². The molecular weight excluding hydrogens is 206 g/mol. The van der Waals surface area contributed by atoms with Crippen molar-refractivity contribution in [1.82, 2.24) is 4.90 Å². The molecule has 1 saturated heterocycles. The Bertz CT molecular complexity index is 353. The summed E-state index contributed by atoms with van der Waals surface area (Å²) in [4.78, 5) is 13.0. The first-order valence-corrected chi connectivity index (χ1v) is 5.40. The van der Waals surface area contributed by atoms with Gasteiger partial charge >= 0.3 is 6.09 Å². The average Bonchev–Trinajstić information content (AvgIpc) is 2.69. The minimum Gasteiger partial charge on any atom is -0.442 e. The lowest BCUT2D eigenvalue weighted by Crippen LogP contribution is -2.28. The van der Waals surface area contributed by atoms with E-state index in [4.69, 9.17) is 9.84 Å². The summed E-state index contributed by atoms with van der Waals surface area (Å²) in [5.41, 5.74) is 1.20. The minimum atomic E-state index is -0.358. The average molecular weight is 221 g/mol. The van der Waals surface area contributed by atoms with E-state index >= 15 is 0 Å². The standard InChI is InChI=1S/C12H15NO3/c14-9-11-8-13(12(15)16-11)7-6-10-4-2-1-3-5-10/h1-5,11,14H,6-9H2/t11-/m0/s1. The predicted octanol–water partition coefficient (Wildman–Crippen LogP) is 1.04. The molecule has 0 radical (unpaired) electrons. The molecule has 0 spiro atoms. The molecule has 16 heavy (non-hydrogen) atoms. The quantitative estimate of drug-likeness (QED) is 0.826. The summed E-state index contributed by atoms with van der Waals surface area (Å²) < 4.78 is 4.95. The Labute approximate surface area is 94.4 Å². The van der Waals surface area contributed by atoms with Crippen LogP contribution in [0.3, 0.4) is 0 Å². The molecule has 1 fully saturated rings. The Morgan fingerprint density at radius 2 is 2.12 bits per heavy atom. The molecular formula is C12H15NO3. The number of ether oxygens (including phenoxy) is 1. The van der Waals surface area contributed by atoms with Crippen molar-refractivity contribution in [2.24, 2.45) is 0 Å². The third-order valence-electron chi connectivity index (χ3n) is 2.67. The van der Waals surface area contributed by atoms with E-state index in [1.54, 1.807) is 4.90 Å². The molecule has 0 saturated carbocycles. The fourth-order valence-corrected chi connectivity index (χ4v) is 1.76. The number of aliphatic hydroxyl groups excluding tert-OH is 1. The lowest BCUT2D eigenvalue weighted by Gasteiger charge is -2.12. The largest absolute Gasteiger partial charge is 0.442 e. The highest BCUT2D eigenvalue weighted by molar-refractivity contribution is 5.69. The van der Waals surface area contributed by atoms with Crippen molar-refractivity contribution in [3.8, 4) is 0 Å². The minimum absolute atomic E-state index is 0.104. The van der Waals surface area contributed by atoms with Crippen LogP contribution < -0.4 is 0 Å². The number of benzene rings is 1. The van der Waals surface area contributed by atoms with Gasteiger partial charge in [-0.25, -0.2) is 4.79 Å². The molecule has 0 unspecified atom stereocenters. The summed E-state index contributed by atoms with van der Waals surface area (Å²) in [5, 5.41) is 8.88. The van der Waals surface area contributed by atoms with Crippen molar-refractivity contribution in [2.45, 2.75) is 12.5 Å². The van der Waals surface area contributed by atoms with Gasteiger partial charge in [0.25, 0.3) is 0 Å². The van der Waals surface area contributed by atoms with Gasteiger partial charge in [-0.2, -0.15) is 0 Å². The summed E-state index contributed by atoms with van der Waals surface area (Å²) in [7, 11) is 0. The fraction of sp³-hybridized carbons (Fsp3) is 0.417. The number of amides is 1. The van der Waals surface area contributed by atoms with E-state index in [-0.39, 0.29) is 18.8 Å². The van der Waals surface area contributed by atoms with Gasteiger partial charge in [-0.05, 0) is 12.0 Å². The SMILES string of the molecule is O=C1O[C@H](CO)CN1CCc1ccccc1. The Hall–Kier alpha value is -1.55. The van der Waals surface area contributed by atoms with E-state index in [0.29, 0.717) is 13.1 Å². The van der Waals surface area contributed by atoms with E-state index < -0.39 is 0 Å². The highest BCUT2D eigenvalue weighted by Gasteiger charge is 2.29. The van der Waals surface area contributed by atoms with Crippen LogP contribution in [0.1, 0.15) is 5.56 Å². The van der Waals surface area contributed by atoms with Gasteiger partial charge < -0.3 is 14.7 Å². The second-order valence-corrected chi connectivity index (χ2v) is 3.87. The van der Waals surface area contributed by atoms with Crippen LogP contribution in [0.5, 0.6) is 0 Å². The van der Waals surface area contributed by atoms with Gasteiger partial charge in [-0.15, -0.1) is 0 Å². The van der Waals surface area contributed by atoms with E-state index in [1.165, 1.54) is 5.56 Å². The number of nitrogens with zero attached hydrogens (tertiary/aromatic N) is 1. The zero-order chi connectivity index (χ0) is 11.4. The van der Waals surface area contributed by atoms with Crippen LogP contribution in [0.2, 0.25) is 0 Å². The molecule has 1 atom stereocenters. The van der Waals surface area contributed by atoms with E-state index in [0.717, 1.165) is 6.42 Å². The summed E-state index contributed by atoms with van der Waals surface area (Å²) in [6.45, 7) is 1.02. The van der Waals surface area contributed by atoms with Crippen LogP contribution in [0.25, 0.3) is 0 Å². The molecule has 1 aliphatic heterocycles. The zero-order valence-electron chi connectivity index (χ0n) is 9.00. The molecule has 1 aromatic carbocycles. The summed E-state index contributed by atoms with van der Waals surface area (Å²) >= 11 is 0. The topological polar surface area (TPSA) is 49.8 Å². The van der Waals surface area contributed by atoms with Gasteiger partial charge in [0.15, 0.2) is 0 Å². The Morgan fingerprint density at radius 1 is 1.38 bits per heavy atom. The number of cyclic esters (lactones) is 1. The van der Waals surface area contributed by atoms with Crippen molar-refractivity contribution in [1.29, 1.82) is 0 Å². The zero-order valence-corrected chi connectivity index (χ0v) is 9.00. The predicted molar refractivity (Wildman–Crippen MR) is 59.1 cm³/mol. The van der Waals surface area contributed by atoms with E-state index in [9.17, 15) is 4.79 Å². The van der Waals surface area contributed by atoms with E-state index in [1.807, 2.05) is 30.3 Å². The highest BCUT2D eigenvalue weighted by atomic mass is 16.6. The second-order valence-electron chi connectivity index (χ2n) is 3.87. The van der Waals surface area contributed by atoms with Crippen LogP contribution in [0.15, 0.2) is 30.3 Å². The lowest BCUT2D eigenvalue weighted by atomic mass is 10.1. The van der Waals surface area contributed by atoms with Crippen LogP contribution in [0.4, 0.5) is 4.79 Å². The molecule has 1 aliphatic rings. The molecule has 1 aromatic rings. The molecule has 86 valence electrons.